The molecule has 80 valence electrons. The van der Waals surface area contributed by atoms with Crippen LogP contribution in [-0.4, -0.2) is 23.9 Å². The maximum atomic E-state index is 11.6. The van der Waals surface area contributed by atoms with Gasteiger partial charge in [-0.05, 0) is 30.1 Å². The SMILES string of the molecule is CCC(=O)N1C[C@@H]2C[C@@H](C)C[C@]2(C)C1. The minimum atomic E-state index is 0.341. The van der Waals surface area contributed by atoms with E-state index in [0.717, 1.165) is 24.9 Å². The fraction of sp³-hybridized carbons (Fsp3) is 0.917. The van der Waals surface area contributed by atoms with Gasteiger partial charge >= 0.3 is 0 Å². The second-order valence-corrected chi connectivity index (χ2v) is 5.52. The number of carbonyl (C=O) groups is 1. The molecular formula is C12H21NO. The van der Waals surface area contributed by atoms with Gasteiger partial charge in [0.2, 0.25) is 5.91 Å². The topological polar surface area (TPSA) is 20.3 Å². The molecular weight excluding hydrogens is 174 g/mol. The van der Waals surface area contributed by atoms with E-state index in [2.05, 4.69) is 18.7 Å². The highest BCUT2D eigenvalue weighted by atomic mass is 16.2. The lowest BCUT2D eigenvalue weighted by Crippen LogP contribution is -2.30. The fourth-order valence-corrected chi connectivity index (χ4v) is 3.49. The summed E-state index contributed by atoms with van der Waals surface area (Å²) in [5, 5.41) is 0. The van der Waals surface area contributed by atoms with Crippen LogP contribution in [-0.2, 0) is 4.79 Å². The first-order valence-electron chi connectivity index (χ1n) is 5.83. The van der Waals surface area contributed by atoms with Crippen LogP contribution in [0.3, 0.4) is 0 Å². The largest absolute Gasteiger partial charge is 0.342 e. The van der Waals surface area contributed by atoms with Crippen LogP contribution in [0, 0.1) is 17.3 Å². The van der Waals surface area contributed by atoms with Crippen molar-refractivity contribution >= 4 is 5.91 Å². The Hall–Kier alpha value is -0.530. The molecule has 2 rings (SSSR count). The lowest BCUT2D eigenvalue weighted by atomic mass is 9.83. The van der Waals surface area contributed by atoms with E-state index in [1.807, 2.05) is 6.92 Å². The summed E-state index contributed by atoms with van der Waals surface area (Å²) in [6, 6.07) is 0. The highest BCUT2D eigenvalue weighted by molar-refractivity contribution is 5.76. The van der Waals surface area contributed by atoms with Gasteiger partial charge in [0.25, 0.3) is 0 Å². The summed E-state index contributed by atoms with van der Waals surface area (Å²) >= 11 is 0. The van der Waals surface area contributed by atoms with E-state index in [4.69, 9.17) is 0 Å². The average Bonchev–Trinajstić information content (AvgIpc) is 2.54. The Morgan fingerprint density at radius 1 is 1.57 bits per heavy atom. The van der Waals surface area contributed by atoms with E-state index in [1.165, 1.54) is 12.8 Å². The predicted molar refractivity (Wildman–Crippen MR) is 56.9 cm³/mol. The van der Waals surface area contributed by atoms with Crippen LogP contribution in [0.2, 0.25) is 0 Å². The number of likely N-dealkylation sites (tertiary alicyclic amines) is 1. The zero-order valence-corrected chi connectivity index (χ0v) is 9.55. The minimum absolute atomic E-state index is 0.341. The maximum Gasteiger partial charge on any atom is 0.222 e. The molecule has 0 unspecified atom stereocenters. The Balaban J connectivity index is 2.05. The molecule has 1 saturated carbocycles. The molecule has 0 spiro atoms. The van der Waals surface area contributed by atoms with Gasteiger partial charge in [0.15, 0.2) is 0 Å². The van der Waals surface area contributed by atoms with E-state index in [-0.39, 0.29) is 0 Å². The number of amides is 1. The summed E-state index contributed by atoms with van der Waals surface area (Å²) in [4.78, 5) is 13.7. The van der Waals surface area contributed by atoms with E-state index >= 15 is 0 Å². The van der Waals surface area contributed by atoms with Crippen molar-refractivity contribution in [1.29, 1.82) is 0 Å². The second kappa shape index (κ2) is 3.25. The molecule has 14 heavy (non-hydrogen) atoms. The van der Waals surface area contributed by atoms with Crippen LogP contribution < -0.4 is 0 Å². The van der Waals surface area contributed by atoms with Crippen molar-refractivity contribution in [3.8, 4) is 0 Å². The highest BCUT2D eigenvalue weighted by Gasteiger charge is 2.49. The molecule has 2 aliphatic rings. The first kappa shape index (κ1) is 10.0. The highest BCUT2D eigenvalue weighted by Crippen LogP contribution is 2.50. The number of hydrogen-bond donors (Lipinski definition) is 0. The lowest BCUT2D eigenvalue weighted by molar-refractivity contribution is -0.130. The molecule has 1 heterocycles. The monoisotopic (exact) mass is 195 g/mol. The number of rotatable bonds is 1. The van der Waals surface area contributed by atoms with Gasteiger partial charge in [-0.2, -0.15) is 0 Å². The van der Waals surface area contributed by atoms with Gasteiger partial charge in [-0.25, -0.2) is 0 Å². The molecule has 0 bridgehead atoms. The summed E-state index contributed by atoms with van der Waals surface area (Å²) in [7, 11) is 0. The van der Waals surface area contributed by atoms with E-state index < -0.39 is 0 Å². The number of fused-ring (bicyclic) bond motifs is 1. The smallest absolute Gasteiger partial charge is 0.222 e. The van der Waals surface area contributed by atoms with Crippen molar-refractivity contribution in [3.05, 3.63) is 0 Å². The number of carbonyl (C=O) groups excluding carboxylic acids is 1. The Kier molecular flexibility index (Phi) is 2.32. The Labute approximate surface area is 86.7 Å². The predicted octanol–water partition coefficient (Wildman–Crippen LogP) is 2.29. The molecule has 3 atom stereocenters. The van der Waals surface area contributed by atoms with Crippen molar-refractivity contribution < 1.29 is 4.79 Å². The van der Waals surface area contributed by atoms with Gasteiger partial charge in [0, 0.05) is 19.5 Å². The molecule has 0 aromatic carbocycles. The summed E-state index contributed by atoms with van der Waals surface area (Å²) in [5.41, 5.74) is 0.435. The first-order chi connectivity index (χ1) is 6.55. The molecule has 0 radical (unpaired) electrons. The average molecular weight is 195 g/mol. The van der Waals surface area contributed by atoms with Crippen molar-refractivity contribution in [2.75, 3.05) is 13.1 Å². The molecule has 0 N–H and O–H groups in total. The summed E-state index contributed by atoms with van der Waals surface area (Å²) in [5.74, 6) is 1.98. The quantitative estimate of drug-likeness (QED) is 0.628. The van der Waals surface area contributed by atoms with E-state index in [9.17, 15) is 4.79 Å². The summed E-state index contributed by atoms with van der Waals surface area (Å²) < 4.78 is 0. The third-order valence-electron chi connectivity index (χ3n) is 4.14. The fourth-order valence-electron chi connectivity index (χ4n) is 3.49. The molecule has 1 amide bonds. The van der Waals surface area contributed by atoms with E-state index in [0.29, 0.717) is 17.7 Å². The molecule has 0 aromatic heterocycles. The lowest BCUT2D eigenvalue weighted by Gasteiger charge is -2.23. The normalized spacial score (nSPS) is 41.5. The van der Waals surface area contributed by atoms with Crippen molar-refractivity contribution in [3.63, 3.8) is 0 Å². The molecule has 2 heteroatoms. The van der Waals surface area contributed by atoms with E-state index in [1.54, 1.807) is 0 Å². The van der Waals surface area contributed by atoms with Crippen molar-refractivity contribution in [1.82, 2.24) is 4.90 Å². The Morgan fingerprint density at radius 3 is 2.86 bits per heavy atom. The zero-order valence-electron chi connectivity index (χ0n) is 9.55. The second-order valence-electron chi connectivity index (χ2n) is 5.52. The van der Waals surface area contributed by atoms with Crippen LogP contribution in [0.15, 0.2) is 0 Å². The summed E-state index contributed by atoms with van der Waals surface area (Å²) in [6.45, 7) is 8.70. The van der Waals surface area contributed by atoms with Gasteiger partial charge in [0.1, 0.15) is 0 Å². The number of nitrogens with zero attached hydrogens (tertiary/aromatic N) is 1. The van der Waals surface area contributed by atoms with Crippen LogP contribution in [0.25, 0.3) is 0 Å². The molecule has 0 aromatic rings. The molecule has 2 nitrogen and oxygen atoms in total. The van der Waals surface area contributed by atoms with Gasteiger partial charge in [-0.1, -0.05) is 20.8 Å². The molecule has 1 saturated heterocycles. The molecule has 1 aliphatic heterocycles. The third-order valence-corrected chi connectivity index (χ3v) is 4.14. The Bertz CT molecular complexity index is 251. The zero-order chi connectivity index (χ0) is 10.3. The molecule has 1 aliphatic carbocycles. The Morgan fingerprint density at radius 2 is 2.29 bits per heavy atom. The minimum Gasteiger partial charge on any atom is -0.342 e. The third kappa shape index (κ3) is 1.45. The number of hydrogen-bond acceptors (Lipinski definition) is 1. The standard InChI is InChI=1S/C12H21NO/c1-4-11(14)13-7-10-5-9(2)6-12(10,3)8-13/h9-10H,4-8H2,1-3H3/t9-,10+,12-/m1/s1. The van der Waals surface area contributed by atoms with Crippen LogP contribution in [0.1, 0.15) is 40.0 Å². The first-order valence-corrected chi connectivity index (χ1v) is 5.83. The van der Waals surface area contributed by atoms with Gasteiger partial charge in [-0.15, -0.1) is 0 Å². The maximum absolute atomic E-state index is 11.6. The van der Waals surface area contributed by atoms with Crippen LogP contribution in [0.5, 0.6) is 0 Å². The van der Waals surface area contributed by atoms with Crippen molar-refractivity contribution in [2.45, 2.75) is 40.0 Å². The molecule has 2 fully saturated rings. The van der Waals surface area contributed by atoms with Gasteiger partial charge in [-0.3, -0.25) is 4.79 Å². The van der Waals surface area contributed by atoms with Gasteiger partial charge < -0.3 is 4.90 Å². The van der Waals surface area contributed by atoms with Crippen LogP contribution in [0.4, 0.5) is 0 Å². The van der Waals surface area contributed by atoms with Crippen LogP contribution >= 0.6 is 0 Å². The van der Waals surface area contributed by atoms with Crippen molar-refractivity contribution in [2.24, 2.45) is 17.3 Å². The summed E-state index contributed by atoms with van der Waals surface area (Å²) in [6.07, 6.45) is 3.30. The van der Waals surface area contributed by atoms with Gasteiger partial charge in [0.05, 0.1) is 0 Å².